The first-order valence-corrected chi connectivity index (χ1v) is 7.18. The number of aromatic nitrogens is 2. The van der Waals surface area contributed by atoms with Gasteiger partial charge < -0.3 is 10.1 Å². The lowest BCUT2D eigenvalue weighted by atomic mass is 10.1. The van der Waals surface area contributed by atoms with Crippen molar-refractivity contribution in [3.63, 3.8) is 0 Å². The summed E-state index contributed by atoms with van der Waals surface area (Å²) in [6.45, 7) is 2.68. The zero-order valence-corrected chi connectivity index (χ0v) is 12.5. The molecule has 0 saturated carbocycles. The number of methoxy groups -OCH3 is 1. The topological polar surface area (TPSA) is 67.0 Å². The lowest BCUT2D eigenvalue weighted by Gasteiger charge is -2.04. The Bertz CT molecular complexity index is 575. The summed E-state index contributed by atoms with van der Waals surface area (Å²) in [4.78, 5) is 11.9. The van der Waals surface area contributed by atoms with Gasteiger partial charge in [0.05, 0.1) is 7.11 Å². The second-order valence-corrected chi connectivity index (χ2v) is 4.88. The van der Waals surface area contributed by atoms with Gasteiger partial charge in [0.1, 0.15) is 11.4 Å². The van der Waals surface area contributed by atoms with Crippen molar-refractivity contribution < 1.29 is 9.53 Å². The SMILES string of the molecule is CCCc1cc(C(=O)NCCc2ccc(OC)cc2)n[nH]1. The highest BCUT2D eigenvalue weighted by Gasteiger charge is 2.09. The predicted octanol–water partition coefficient (Wildman–Crippen LogP) is 2.34. The summed E-state index contributed by atoms with van der Waals surface area (Å²) >= 11 is 0. The molecular formula is C16H21N3O2. The summed E-state index contributed by atoms with van der Waals surface area (Å²) in [5.74, 6) is 0.699. The molecule has 5 heteroatoms. The summed E-state index contributed by atoms with van der Waals surface area (Å²) < 4.78 is 5.11. The number of nitrogens with zero attached hydrogens (tertiary/aromatic N) is 1. The second kappa shape index (κ2) is 7.47. The molecular weight excluding hydrogens is 266 g/mol. The van der Waals surface area contributed by atoms with E-state index in [1.165, 1.54) is 0 Å². The van der Waals surface area contributed by atoms with Crippen molar-refractivity contribution in [2.75, 3.05) is 13.7 Å². The average molecular weight is 287 g/mol. The number of hydrogen-bond donors (Lipinski definition) is 2. The lowest BCUT2D eigenvalue weighted by Crippen LogP contribution is -2.26. The van der Waals surface area contributed by atoms with Gasteiger partial charge in [-0.05, 0) is 36.6 Å². The molecule has 0 atom stereocenters. The molecule has 0 unspecified atom stereocenters. The molecule has 1 amide bonds. The highest BCUT2D eigenvalue weighted by atomic mass is 16.5. The quantitative estimate of drug-likeness (QED) is 0.821. The van der Waals surface area contributed by atoms with Crippen molar-refractivity contribution in [3.05, 3.63) is 47.3 Å². The van der Waals surface area contributed by atoms with Crippen LogP contribution in [0.3, 0.4) is 0 Å². The lowest BCUT2D eigenvalue weighted by molar-refractivity contribution is 0.0949. The molecule has 1 aromatic carbocycles. The van der Waals surface area contributed by atoms with E-state index in [0.29, 0.717) is 12.2 Å². The maximum absolute atomic E-state index is 11.9. The van der Waals surface area contributed by atoms with E-state index in [1.807, 2.05) is 30.3 Å². The van der Waals surface area contributed by atoms with Crippen LogP contribution in [0.15, 0.2) is 30.3 Å². The number of carbonyl (C=O) groups is 1. The molecule has 0 saturated heterocycles. The Morgan fingerprint density at radius 3 is 2.71 bits per heavy atom. The van der Waals surface area contributed by atoms with Gasteiger partial charge >= 0.3 is 0 Å². The van der Waals surface area contributed by atoms with Gasteiger partial charge in [-0.2, -0.15) is 5.10 Å². The summed E-state index contributed by atoms with van der Waals surface area (Å²) in [5.41, 5.74) is 2.61. The van der Waals surface area contributed by atoms with Crippen molar-refractivity contribution in [2.45, 2.75) is 26.2 Å². The minimum Gasteiger partial charge on any atom is -0.497 e. The monoisotopic (exact) mass is 287 g/mol. The summed E-state index contributed by atoms with van der Waals surface area (Å²) in [6, 6.07) is 9.65. The van der Waals surface area contributed by atoms with Crippen molar-refractivity contribution in [1.29, 1.82) is 0 Å². The molecule has 0 fully saturated rings. The number of ether oxygens (including phenoxy) is 1. The Labute approximate surface area is 124 Å². The van der Waals surface area contributed by atoms with Crippen LogP contribution in [-0.2, 0) is 12.8 Å². The van der Waals surface area contributed by atoms with Gasteiger partial charge in [-0.3, -0.25) is 9.89 Å². The third-order valence-corrected chi connectivity index (χ3v) is 3.24. The standard InChI is InChI=1S/C16H21N3O2/c1-3-4-13-11-15(19-18-13)16(20)17-10-9-12-5-7-14(21-2)8-6-12/h5-8,11H,3-4,9-10H2,1-2H3,(H,17,20)(H,18,19). The van der Waals surface area contributed by atoms with Gasteiger partial charge in [0, 0.05) is 12.2 Å². The van der Waals surface area contributed by atoms with Crippen LogP contribution in [0.1, 0.15) is 35.1 Å². The highest BCUT2D eigenvalue weighted by molar-refractivity contribution is 5.92. The molecule has 2 N–H and O–H groups in total. The number of hydrogen-bond acceptors (Lipinski definition) is 3. The number of rotatable bonds is 7. The number of amides is 1. The summed E-state index contributed by atoms with van der Waals surface area (Å²) in [6.07, 6.45) is 2.72. The van der Waals surface area contributed by atoms with E-state index in [4.69, 9.17) is 4.74 Å². The predicted molar refractivity (Wildman–Crippen MR) is 81.6 cm³/mol. The first-order valence-electron chi connectivity index (χ1n) is 7.18. The Kier molecular flexibility index (Phi) is 5.37. The first kappa shape index (κ1) is 15.1. The zero-order valence-electron chi connectivity index (χ0n) is 12.5. The van der Waals surface area contributed by atoms with Crippen LogP contribution in [-0.4, -0.2) is 29.8 Å². The highest BCUT2D eigenvalue weighted by Crippen LogP contribution is 2.11. The van der Waals surface area contributed by atoms with Gasteiger partial charge in [-0.15, -0.1) is 0 Å². The van der Waals surface area contributed by atoms with E-state index in [-0.39, 0.29) is 5.91 Å². The van der Waals surface area contributed by atoms with Crippen LogP contribution in [0.2, 0.25) is 0 Å². The molecule has 0 aliphatic rings. The molecule has 0 bridgehead atoms. The smallest absolute Gasteiger partial charge is 0.271 e. The molecule has 2 aromatic rings. The van der Waals surface area contributed by atoms with Gasteiger partial charge in [-0.25, -0.2) is 0 Å². The van der Waals surface area contributed by atoms with Gasteiger partial charge in [-0.1, -0.05) is 25.5 Å². The van der Waals surface area contributed by atoms with Crippen LogP contribution in [0.4, 0.5) is 0 Å². The summed E-state index contributed by atoms with van der Waals surface area (Å²) in [7, 11) is 1.64. The number of carbonyl (C=O) groups excluding carboxylic acids is 1. The Balaban J connectivity index is 1.80. The summed E-state index contributed by atoms with van der Waals surface area (Å²) in [5, 5.41) is 9.79. The van der Waals surface area contributed by atoms with Gasteiger partial charge in [0.2, 0.25) is 0 Å². The number of benzene rings is 1. The largest absolute Gasteiger partial charge is 0.497 e. The molecule has 2 rings (SSSR count). The normalized spacial score (nSPS) is 10.4. The molecule has 0 radical (unpaired) electrons. The van der Waals surface area contributed by atoms with Crippen LogP contribution in [0, 0.1) is 0 Å². The Morgan fingerprint density at radius 1 is 1.29 bits per heavy atom. The molecule has 1 heterocycles. The minimum absolute atomic E-state index is 0.137. The fourth-order valence-corrected chi connectivity index (χ4v) is 2.08. The maximum atomic E-state index is 11.9. The van der Waals surface area contributed by atoms with Crippen molar-refractivity contribution in [3.8, 4) is 5.75 Å². The molecule has 5 nitrogen and oxygen atoms in total. The van der Waals surface area contributed by atoms with Crippen LogP contribution in [0.25, 0.3) is 0 Å². The van der Waals surface area contributed by atoms with E-state index in [0.717, 1.165) is 36.3 Å². The van der Waals surface area contributed by atoms with Crippen molar-refractivity contribution >= 4 is 5.91 Å². The molecule has 1 aromatic heterocycles. The second-order valence-electron chi connectivity index (χ2n) is 4.88. The van der Waals surface area contributed by atoms with E-state index in [1.54, 1.807) is 7.11 Å². The number of aryl methyl sites for hydroxylation is 1. The third kappa shape index (κ3) is 4.34. The fraction of sp³-hybridized carbons (Fsp3) is 0.375. The molecule has 0 aliphatic heterocycles. The van der Waals surface area contributed by atoms with E-state index >= 15 is 0 Å². The van der Waals surface area contributed by atoms with Crippen LogP contribution in [0.5, 0.6) is 5.75 Å². The van der Waals surface area contributed by atoms with Gasteiger partial charge in [0.25, 0.3) is 5.91 Å². The van der Waals surface area contributed by atoms with Crippen LogP contribution < -0.4 is 10.1 Å². The minimum atomic E-state index is -0.137. The van der Waals surface area contributed by atoms with E-state index < -0.39 is 0 Å². The Morgan fingerprint density at radius 2 is 2.05 bits per heavy atom. The molecule has 112 valence electrons. The van der Waals surface area contributed by atoms with E-state index in [2.05, 4.69) is 22.4 Å². The van der Waals surface area contributed by atoms with Crippen molar-refractivity contribution in [1.82, 2.24) is 15.5 Å². The Hall–Kier alpha value is -2.30. The van der Waals surface area contributed by atoms with Crippen LogP contribution >= 0.6 is 0 Å². The zero-order chi connectivity index (χ0) is 15.1. The molecule has 21 heavy (non-hydrogen) atoms. The fourth-order valence-electron chi connectivity index (χ4n) is 2.08. The van der Waals surface area contributed by atoms with Gasteiger partial charge in [0.15, 0.2) is 0 Å². The maximum Gasteiger partial charge on any atom is 0.271 e. The third-order valence-electron chi connectivity index (χ3n) is 3.24. The first-order chi connectivity index (χ1) is 10.2. The van der Waals surface area contributed by atoms with Crippen molar-refractivity contribution in [2.24, 2.45) is 0 Å². The number of H-pyrrole nitrogens is 1. The number of aromatic amines is 1. The molecule has 0 aliphatic carbocycles. The number of nitrogens with one attached hydrogen (secondary N) is 2. The van der Waals surface area contributed by atoms with E-state index in [9.17, 15) is 4.79 Å². The molecule has 0 spiro atoms. The average Bonchev–Trinajstić information content (AvgIpc) is 2.97.